The van der Waals surface area contributed by atoms with Gasteiger partial charge in [0.1, 0.15) is 11.6 Å². The molecule has 5 nitrogen and oxygen atoms in total. The van der Waals surface area contributed by atoms with Gasteiger partial charge in [0.15, 0.2) is 0 Å². The van der Waals surface area contributed by atoms with E-state index in [0.717, 1.165) is 90.4 Å². The van der Waals surface area contributed by atoms with E-state index in [0.29, 0.717) is 5.91 Å². The Bertz CT molecular complexity index is 706. The Morgan fingerprint density at radius 1 is 0.970 bits per heavy atom. The van der Waals surface area contributed by atoms with Crippen LogP contribution in [0.5, 0.6) is 0 Å². The third-order valence-corrected chi connectivity index (χ3v) is 7.23. The molecule has 3 fully saturated rings. The fraction of sp³-hybridized carbons (Fsp3) is 0.731. The van der Waals surface area contributed by atoms with E-state index in [1.807, 2.05) is 18.7 Å². The largest absolute Gasteiger partial charge is 0.381 e. The number of piperidine rings is 2. The molecule has 7 heteroatoms. The van der Waals surface area contributed by atoms with Crippen LogP contribution < -0.4 is 5.32 Å². The SMILES string of the molecule is CC.O=C(C1CCN(CC2CCOCC2)CC1)N1CCC(NCc2c(F)cccc2F)CC1. The first-order valence-electron chi connectivity index (χ1n) is 12.9. The van der Waals surface area contributed by atoms with E-state index in [1.165, 1.54) is 18.2 Å². The lowest BCUT2D eigenvalue weighted by Gasteiger charge is -2.38. The van der Waals surface area contributed by atoms with Crippen LogP contribution in [-0.2, 0) is 16.1 Å². The number of carbonyl (C=O) groups is 1. The molecule has 0 aromatic heterocycles. The molecule has 33 heavy (non-hydrogen) atoms. The van der Waals surface area contributed by atoms with Gasteiger partial charge in [-0.25, -0.2) is 8.78 Å². The van der Waals surface area contributed by atoms with E-state index >= 15 is 0 Å². The van der Waals surface area contributed by atoms with Crippen molar-refractivity contribution < 1.29 is 18.3 Å². The van der Waals surface area contributed by atoms with Gasteiger partial charge < -0.3 is 19.9 Å². The molecule has 1 amide bonds. The van der Waals surface area contributed by atoms with E-state index in [9.17, 15) is 13.6 Å². The molecule has 3 saturated heterocycles. The molecule has 0 atom stereocenters. The minimum atomic E-state index is -0.511. The van der Waals surface area contributed by atoms with Crippen molar-refractivity contribution in [2.75, 3.05) is 45.9 Å². The Morgan fingerprint density at radius 2 is 1.58 bits per heavy atom. The van der Waals surface area contributed by atoms with Crippen LogP contribution in [0.4, 0.5) is 8.78 Å². The molecule has 1 N–H and O–H groups in total. The van der Waals surface area contributed by atoms with Gasteiger partial charge in [-0.15, -0.1) is 0 Å². The average molecular weight is 466 g/mol. The van der Waals surface area contributed by atoms with Crippen LogP contribution in [0.15, 0.2) is 18.2 Å². The third-order valence-electron chi connectivity index (χ3n) is 7.23. The highest BCUT2D eigenvalue weighted by atomic mass is 19.1. The van der Waals surface area contributed by atoms with Crippen molar-refractivity contribution in [3.05, 3.63) is 35.4 Å². The Labute approximate surface area is 197 Å². The number of carbonyl (C=O) groups excluding carboxylic acids is 1. The second-order valence-electron chi connectivity index (χ2n) is 9.31. The minimum Gasteiger partial charge on any atom is -0.381 e. The molecule has 1 aromatic rings. The Balaban J connectivity index is 0.00000149. The summed E-state index contributed by atoms with van der Waals surface area (Å²) < 4.78 is 33.0. The van der Waals surface area contributed by atoms with Crippen LogP contribution in [0.3, 0.4) is 0 Å². The van der Waals surface area contributed by atoms with Crippen LogP contribution in [-0.4, -0.2) is 67.7 Å². The predicted octanol–water partition coefficient (Wildman–Crippen LogP) is 4.21. The molecular formula is C26H41F2N3O2. The molecule has 0 aliphatic carbocycles. The van der Waals surface area contributed by atoms with Gasteiger partial charge in [0.25, 0.3) is 0 Å². The molecule has 0 spiro atoms. The molecule has 3 aliphatic rings. The number of halogens is 2. The maximum absolute atomic E-state index is 13.8. The monoisotopic (exact) mass is 465 g/mol. The summed E-state index contributed by atoms with van der Waals surface area (Å²) in [6.45, 7) is 10.6. The number of ether oxygens (including phenoxy) is 1. The molecule has 1 aromatic carbocycles. The molecule has 186 valence electrons. The first-order valence-corrected chi connectivity index (χ1v) is 12.9. The summed E-state index contributed by atoms with van der Waals surface area (Å²) in [7, 11) is 0. The summed E-state index contributed by atoms with van der Waals surface area (Å²) in [6, 6.07) is 4.14. The highest BCUT2D eigenvalue weighted by Crippen LogP contribution is 2.24. The van der Waals surface area contributed by atoms with E-state index in [1.54, 1.807) is 0 Å². The Hall–Kier alpha value is -1.57. The van der Waals surface area contributed by atoms with Gasteiger partial charge in [0.05, 0.1) is 0 Å². The molecule has 0 radical (unpaired) electrons. The van der Waals surface area contributed by atoms with Gasteiger partial charge in [-0.1, -0.05) is 19.9 Å². The smallest absolute Gasteiger partial charge is 0.225 e. The maximum atomic E-state index is 13.8. The summed E-state index contributed by atoms with van der Waals surface area (Å²) in [6.07, 6.45) is 5.87. The van der Waals surface area contributed by atoms with E-state index < -0.39 is 11.6 Å². The first-order chi connectivity index (χ1) is 16.1. The lowest BCUT2D eigenvalue weighted by atomic mass is 9.92. The van der Waals surface area contributed by atoms with Crippen molar-refractivity contribution in [2.45, 2.75) is 65.0 Å². The topological polar surface area (TPSA) is 44.8 Å². The van der Waals surface area contributed by atoms with Gasteiger partial charge in [0, 0.05) is 56.9 Å². The predicted molar refractivity (Wildman–Crippen MR) is 127 cm³/mol. The third kappa shape index (κ3) is 7.46. The number of amides is 1. The molecule has 0 saturated carbocycles. The van der Waals surface area contributed by atoms with Crippen molar-refractivity contribution in [1.82, 2.24) is 15.1 Å². The second kappa shape index (κ2) is 13.4. The van der Waals surface area contributed by atoms with Crippen LogP contribution in [0.25, 0.3) is 0 Å². The first kappa shape index (κ1) is 26.0. The number of nitrogens with zero attached hydrogens (tertiary/aromatic N) is 2. The molecule has 3 heterocycles. The lowest BCUT2D eigenvalue weighted by Crippen LogP contribution is -2.49. The van der Waals surface area contributed by atoms with Crippen molar-refractivity contribution in [2.24, 2.45) is 11.8 Å². The number of hydrogen-bond donors (Lipinski definition) is 1. The van der Waals surface area contributed by atoms with Crippen LogP contribution in [0, 0.1) is 23.5 Å². The van der Waals surface area contributed by atoms with E-state index in [-0.39, 0.29) is 24.1 Å². The number of likely N-dealkylation sites (tertiary alicyclic amines) is 2. The highest BCUT2D eigenvalue weighted by molar-refractivity contribution is 5.79. The Kier molecular flexibility index (Phi) is 10.5. The zero-order valence-corrected chi connectivity index (χ0v) is 20.3. The molecule has 3 aliphatic heterocycles. The van der Waals surface area contributed by atoms with E-state index in [2.05, 4.69) is 10.2 Å². The summed E-state index contributed by atoms with van der Waals surface area (Å²) in [5, 5.41) is 3.27. The molecule has 0 unspecified atom stereocenters. The average Bonchev–Trinajstić information content (AvgIpc) is 2.86. The molecule has 0 bridgehead atoms. The standard InChI is InChI=1S/C24H35F2N3O2.C2H6/c25-22-2-1-3-23(26)21(22)16-27-20-6-12-29(13-7-20)24(30)19-4-10-28(11-5-19)17-18-8-14-31-15-9-18;1-2/h1-3,18-20,27H,4-17H2;1-2H3. The quantitative estimate of drug-likeness (QED) is 0.684. The van der Waals surface area contributed by atoms with Crippen LogP contribution in [0.1, 0.15) is 57.9 Å². The van der Waals surface area contributed by atoms with Gasteiger partial charge in [-0.3, -0.25) is 4.79 Å². The summed E-state index contributed by atoms with van der Waals surface area (Å²) >= 11 is 0. The minimum absolute atomic E-state index is 0.0912. The normalized spacial score (nSPS) is 21.5. The van der Waals surface area contributed by atoms with Gasteiger partial charge in [0.2, 0.25) is 5.91 Å². The van der Waals surface area contributed by atoms with E-state index in [4.69, 9.17) is 4.74 Å². The highest BCUT2D eigenvalue weighted by Gasteiger charge is 2.31. The van der Waals surface area contributed by atoms with Crippen molar-refractivity contribution in [1.29, 1.82) is 0 Å². The fourth-order valence-corrected chi connectivity index (χ4v) is 5.17. The van der Waals surface area contributed by atoms with Gasteiger partial charge in [-0.05, 0) is 69.7 Å². The van der Waals surface area contributed by atoms with Crippen molar-refractivity contribution >= 4 is 5.91 Å². The summed E-state index contributed by atoms with van der Waals surface area (Å²) in [5.74, 6) is 0.157. The van der Waals surface area contributed by atoms with Crippen LogP contribution in [0.2, 0.25) is 0 Å². The van der Waals surface area contributed by atoms with Crippen molar-refractivity contribution in [3.63, 3.8) is 0 Å². The second-order valence-corrected chi connectivity index (χ2v) is 9.31. The number of benzene rings is 1. The molecular weight excluding hydrogens is 424 g/mol. The zero-order valence-electron chi connectivity index (χ0n) is 20.3. The van der Waals surface area contributed by atoms with Crippen LogP contribution >= 0.6 is 0 Å². The number of nitrogens with one attached hydrogen (secondary N) is 1. The number of rotatable bonds is 6. The lowest BCUT2D eigenvalue weighted by molar-refractivity contribution is -0.138. The fourth-order valence-electron chi connectivity index (χ4n) is 5.17. The zero-order chi connectivity index (χ0) is 23.6. The molecule has 4 rings (SSSR count). The number of hydrogen-bond acceptors (Lipinski definition) is 4. The Morgan fingerprint density at radius 3 is 2.18 bits per heavy atom. The summed E-state index contributed by atoms with van der Waals surface area (Å²) in [5.41, 5.74) is 0.0912. The van der Waals surface area contributed by atoms with Gasteiger partial charge in [-0.2, -0.15) is 0 Å². The maximum Gasteiger partial charge on any atom is 0.225 e. The van der Waals surface area contributed by atoms with Gasteiger partial charge >= 0.3 is 0 Å². The summed E-state index contributed by atoms with van der Waals surface area (Å²) in [4.78, 5) is 17.5. The van der Waals surface area contributed by atoms with Crippen molar-refractivity contribution in [3.8, 4) is 0 Å².